The van der Waals surface area contributed by atoms with Crippen LogP contribution in [0.4, 0.5) is 11.4 Å². The Labute approximate surface area is 229 Å². The highest BCUT2D eigenvalue weighted by Gasteiger charge is 2.10. The van der Waals surface area contributed by atoms with E-state index in [4.69, 9.17) is 5.73 Å². The summed E-state index contributed by atoms with van der Waals surface area (Å²) in [6.45, 7) is 15.6. The number of unbranched alkanes of at least 4 members (excludes halogenated alkanes) is 3. The summed E-state index contributed by atoms with van der Waals surface area (Å²) in [7, 11) is 0. The summed E-state index contributed by atoms with van der Waals surface area (Å²) in [6.07, 6.45) is 6.51. The zero-order valence-corrected chi connectivity index (χ0v) is 23.6. The van der Waals surface area contributed by atoms with Gasteiger partial charge in [-0.15, -0.1) is 0 Å². The van der Waals surface area contributed by atoms with Crippen LogP contribution < -0.4 is 10.6 Å². The second-order valence-corrected chi connectivity index (χ2v) is 10.1. The summed E-state index contributed by atoms with van der Waals surface area (Å²) >= 11 is 0. The number of para-hydroxylation sites is 1. The zero-order valence-electron chi connectivity index (χ0n) is 23.6. The van der Waals surface area contributed by atoms with Crippen LogP contribution in [-0.2, 0) is 0 Å². The van der Waals surface area contributed by atoms with E-state index < -0.39 is 0 Å². The normalized spacial score (nSPS) is 10.3. The molecule has 0 saturated heterocycles. The minimum Gasteiger partial charge on any atom is -0.412 e. The molecule has 0 bridgehead atoms. The van der Waals surface area contributed by atoms with Crippen LogP contribution in [0, 0.1) is 0 Å². The quantitative estimate of drug-likeness (QED) is 0.207. The van der Waals surface area contributed by atoms with E-state index in [1.807, 2.05) is 0 Å². The van der Waals surface area contributed by atoms with E-state index in [1.165, 1.54) is 66.6 Å². The molecule has 0 heterocycles. The standard InChI is InChI=1S/C21H29N.C12H19N.CH4.H2O.H2/c1-3-5-6-10-18-22(17-4-2)21-15-13-20(14-16-21)19-11-8-7-9-12-19;1-8(2)10-6-5-7-11(9(3)4)12(10)13;;;/h7-9,11-16H,3-6,10,17-18H2,1-2H3;5-9H,13H2,1-4H3;1H4;1H2;1H. The van der Waals surface area contributed by atoms with Gasteiger partial charge in [0.1, 0.15) is 0 Å². The van der Waals surface area contributed by atoms with Gasteiger partial charge in [-0.25, -0.2) is 0 Å². The first-order valence-corrected chi connectivity index (χ1v) is 13.7. The molecule has 0 unspecified atom stereocenters. The van der Waals surface area contributed by atoms with Crippen molar-refractivity contribution in [1.82, 2.24) is 0 Å². The smallest absolute Gasteiger partial charge is 0.0384 e. The van der Waals surface area contributed by atoms with Gasteiger partial charge in [0.05, 0.1) is 0 Å². The van der Waals surface area contributed by atoms with Crippen molar-refractivity contribution in [3.05, 3.63) is 83.9 Å². The molecule has 0 aliphatic carbocycles. The number of nitrogens with two attached hydrogens (primary N) is 1. The third-order valence-electron chi connectivity index (χ3n) is 6.53. The maximum Gasteiger partial charge on any atom is 0.0384 e. The summed E-state index contributed by atoms with van der Waals surface area (Å²) in [6, 6.07) is 26.0. The van der Waals surface area contributed by atoms with E-state index in [1.54, 1.807) is 0 Å². The maximum atomic E-state index is 6.09. The molecule has 3 nitrogen and oxygen atoms in total. The van der Waals surface area contributed by atoms with E-state index in [2.05, 4.69) is 119 Å². The van der Waals surface area contributed by atoms with Crippen molar-refractivity contribution in [2.24, 2.45) is 0 Å². The summed E-state index contributed by atoms with van der Waals surface area (Å²) in [5.41, 5.74) is 13.6. The van der Waals surface area contributed by atoms with Crippen molar-refractivity contribution in [2.75, 3.05) is 23.7 Å². The topological polar surface area (TPSA) is 60.8 Å². The molecule has 3 aromatic carbocycles. The highest BCUT2D eigenvalue weighted by molar-refractivity contribution is 5.66. The van der Waals surface area contributed by atoms with Crippen molar-refractivity contribution in [1.29, 1.82) is 0 Å². The predicted molar refractivity (Wildman–Crippen MR) is 170 cm³/mol. The molecule has 3 rings (SSSR count). The second kappa shape index (κ2) is 18.5. The molecule has 0 aliphatic rings. The lowest BCUT2D eigenvalue weighted by atomic mass is 9.93. The Bertz CT molecular complexity index is 945. The van der Waals surface area contributed by atoms with E-state index in [9.17, 15) is 0 Å². The summed E-state index contributed by atoms with van der Waals surface area (Å²) < 4.78 is 0. The van der Waals surface area contributed by atoms with Crippen LogP contribution in [0.3, 0.4) is 0 Å². The second-order valence-electron chi connectivity index (χ2n) is 10.1. The number of nitrogens with zero attached hydrogens (tertiary/aromatic N) is 1. The lowest BCUT2D eigenvalue weighted by Crippen LogP contribution is -2.25. The van der Waals surface area contributed by atoms with Crippen LogP contribution in [0.25, 0.3) is 11.1 Å². The third-order valence-corrected chi connectivity index (χ3v) is 6.53. The van der Waals surface area contributed by atoms with Gasteiger partial charge < -0.3 is 16.1 Å². The Morgan fingerprint density at radius 1 is 0.649 bits per heavy atom. The van der Waals surface area contributed by atoms with Crippen LogP contribution in [0.15, 0.2) is 72.8 Å². The van der Waals surface area contributed by atoms with Gasteiger partial charge in [0, 0.05) is 25.9 Å². The lowest BCUT2D eigenvalue weighted by molar-refractivity contribution is 0.639. The fraction of sp³-hybridized carbons (Fsp3) is 0.471. The number of benzene rings is 3. The molecule has 0 aromatic heterocycles. The van der Waals surface area contributed by atoms with Crippen LogP contribution in [0.1, 0.15) is 105 Å². The van der Waals surface area contributed by atoms with Crippen LogP contribution in [-0.4, -0.2) is 18.6 Å². The van der Waals surface area contributed by atoms with Gasteiger partial charge in [-0.3, -0.25) is 0 Å². The van der Waals surface area contributed by atoms with Crippen molar-refractivity contribution >= 4 is 11.4 Å². The minimum absolute atomic E-state index is 0. The van der Waals surface area contributed by atoms with Gasteiger partial charge in [-0.2, -0.15) is 0 Å². The first-order valence-electron chi connectivity index (χ1n) is 13.7. The van der Waals surface area contributed by atoms with E-state index in [-0.39, 0.29) is 14.3 Å². The van der Waals surface area contributed by atoms with Crippen molar-refractivity contribution in [3.63, 3.8) is 0 Å². The SMILES string of the molecule is C.CC(C)c1cccc(C(C)C)c1N.CCCCCCN(CCC)c1ccc(-c2ccccc2)cc1.O.[HH]. The Morgan fingerprint density at radius 3 is 1.68 bits per heavy atom. The predicted octanol–water partition coefficient (Wildman–Crippen LogP) is 9.72. The van der Waals surface area contributed by atoms with Gasteiger partial charge in [0.2, 0.25) is 0 Å². The average Bonchev–Trinajstić information content (AvgIpc) is 2.87. The molecule has 0 saturated carbocycles. The molecule has 0 radical (unpaired) electrons. The number of nitrogen functional groups attached to an aromatic ring is 1. The van der Waals surface area contributed by atoms with Crippen LogP contribution >= 0.6 is 0 Å². The molecule has 208 valence electrons. The molecule has 0 fully saturated rings. The monoisotopic (exact) mass is 508 g/mol. The number of hydrogen-bond donors (Lipinski definition) is 1. The fourth-order valence-electron chi connectivity index (χ4n) is 4.47. The highest BCUT2D eigenvalue weighted by Crippen LogP contribution is 2.29. The molecule has 3 heteroatoms. The number of hydrogen-bond acceptors (Lipinski definition) is 2. The van der Waals surface area contributed by atoms with Crippen molar-refractivity contribution < 1.29 is 6.90 Å². The first-order chi connectivity index (χ1) is 16.9. The Balaban J connectivity index is 0. The molecule has 0 aliphatic heterocycles. The molecule has 3 aromatic rings. The van der Waals surface area contributed by atoms with Gasteiger partial charge >= 0.3 is 0 Å². The average molecular weight is 509 g/mol. The van der Waals surface area contributed by atoms with Gasteiger partial charge in [-0.05, 0) is 59.1 Å². The molecule has 0 amide bonds. The molecular formula is C34H56N2O. The largest absolute Gasteiger partial charge is 0.412 e. The molecular weight excluding hydrogens is 452 g/mol. The van der Waals surface area contributed by atoms with Gasteiger partial charge in [0.15, 0.2) is 0 Å². The van der Waals surface area contributed by atoms with Crippen molar-refractivity contribution in [2.45, 2.75) is 92.9 Å². The molecule has 0 atom stereocenters. The number of anilines is 2. The van der Waals surface area contributed by atoms with Gasteiger partial charge in [-0.1, -0.05) is 129 Å². The summed E-state index contributed by atoms with van der Waals surface area (Å²) in [5.74, 6) is 1.03. The molecule has 0 spiro atoms. The van der Waals surface area contributed by atoms with Gasteiger partial charge in [0.25, 0.3) is 0 Å². The molecule has 4 N–H and O–H groups in total. The maximum absolute atomic E-state index is 6.09. The Morgan fingerprint density at radius 2 is 1.19 bits per heavy atom. The lowest BCUT2D eigenvalue weighted by Gasteiger charge is -2.24. The first kappa shape index (κ1) is 34.2. The van der Waals surface area contributed by atoms with Crippen LogP contribution in [0.2, 0.25) is 0 Å². The van der Waals surface area contributed by atoms with Crippen molar-refractivity contribution in [3.8, 4) is 11.1 Å². The summed E-state index contributed by atoms with van der Waals surface area (Å²) in [5, 5.41) is 0. The molecule has 37 heavy (non-hydrogen) atoms. The Kier molecular flexibility index (Phi) is 17.1. The van der Waals surface area contributed by atoms with E-state index >= 15 is 0 Å². The minimum atomic E-state index is 0. The van der Waals surface area contributed by atoms with Crippen LogP contribution in [0.5, 0.6) is 0 Å². The fourth-order valence-corrected chi connectivity index (χ4v) is 4.47. The third kappa shape index (κ3) is 11.0. The zero-order chi connectivity index (χ0) is 25.6. The highest BCUT2D eigenvalue weighted by atomic mass is 16.0. The van der Waals surface area contributed by atoms with E-state index in [0.717, 1.165) is 12.2 Å². The summed E-state index contributed by atoms with van der Waals surface area (Å²) in [4.78, 5) is 2.53. The van der Waals surface area contributed by atoms with E-state index in [0.29, 0.717) is 11.8 Å². The number of rotatable bonds is 11. The Hall–Kier alpha value is -2.78.